The van der Waals surface area contributed by atoms with Crippen molar-refractivity contribution in [2.24, 2.45) is 11.7 Å². The van der Waals surface area contributed by atoms with Crippen LogP contribution in [0.2, 0.25) is 0 Å². The van der Waals surface area contributed by atoms with Crippen molar-refractivity contribution in [1.82, 2.24) is 0 Å². The molecule has 0 fully saturated rings. The van der Waals surface area contributed by atoms with Gasteiger partial charge in [-0.15, -0.1) is 0 Å². The Kier molecular flexibility index (Phi) is 5.52. The van der Waals surface area contributed by atoms with Crippen LogP contribution in [0.15, 0.2) is 24.3 Å². The Balaban J connectivity index is 2.68. The normalized spacial score (nSPS) is 14.4. The number of benzene rings is 1. The van der Waals surface area contributed by atoms with Gasteiger partial charge in [-0.2, -0.15) is 0 Å². The quantitative estimate of drug-likeness (QED) is 0.738. The predicted molar refractivity (Wildman–Crippen MR) is 81.0 cm³/mol. The van der Waals surface area contributed by atoms with Crippen molar-refractivity contribution in [2.75, 3.05) is 16.3 Å². The highest BCUT2D eigenvalue weighted by atomic mass is 32.2. The molecular weight excluding hydrogens is 278 g/mol. The van der Waals surface area contributed by atoms with Crippen LogP contribution < -0.4 is 15.8 Å². The van der Waals surface area contributed by atoms with Gasteiger partial charge in [-0.1, -0.05) is 20.3 Å². The minimum absolute atomic E-state index is 0.0983. The summed E-state index contributed by atoms with van der Waals surface area (Å²) in [5, 5.41) is 2.71. The van der Waals surface area contributed by atoms with E-state index in [4.69, 9.17) is 5.73 Å². The fourth-order valence-corrected chi connectivity index (χ4v) is 2.14. The van der Waals surface area contributed by atoms with E-state index in [0.717, 1.165) is 12.7 Å². The molecule has 0 saturated carbocycles. The SMILES string of the molecule is CCC(C)[C@H](N)C(=O)Nc1ccc(NS(C)(=O)=O)cc1. The summed E-state index contributed by atoms with van der Waals surface area (Å²) in [6.07, 6.45) is 1.90. The van der Waals surface area contributed by atoms with Gasteiger partial charge < -0.3 is 11.1 Å². The van der Waals surface area contributed by atoms with Crippen LogP contribution >= 0.6 is 0 Å². The zero-order valence-electron chi connectivity index (χ0n) is 11.9. The summed E-state index contributed by atoms with van der Waals surface area (Å²) < 4.78 is 24.5. The first-order valence-corrected chi connectivity index (χ1v) is 8.26. The zero-order chi connectivity index (χ0) is 15.3. The number of anilines is 2. The number of hydrogen-bond acceptors (Lipinski definition) is 4. The lowest BCUT2D eigenvalue weighted by molar-refractivity contribution is -0.118. The van der Waals surface area contributed by atoms with Crippen molar-refractivity contribution in [2.45, 2.75) is 26.3 Å². The number of sulfonamides is 1. The van der Waals surface area contributed by atoms with Crippen LogP contribution in [-0.4, -0.2) is 26.6 Å². The second-order valence-corrected chi connectivity index (χ2v) is 6.60. The van der Waals surface area contributed by atoms with Gasteiger partial charge in [-0.3, -0.25) is 9.52 Å². The lowest BCUT2D eigenvalue weighted by atomic mass is 9.99. The first-order valence-electron chi connectivity index (χ1n) is 6.37. The number of nitrogens with two attached hydrogens (primary N) is 1. The molecule has 0 bridgehead atoms. The van der Waals surface area contributed by atoms with Crippen LogP contribution in [0.4, 0.5) is 11.4 Å². The Labute approximate surface area is 119 Å². The first kappa shape index (κ1) is 16.5. The maximum absolute atomic E-state index is 11.9. The van der Waals surface area contributed by atoms with Crippen molar-refractivity contribution in [3.63, 3.8) is 0 Å². The number of carbonyl (C=O) groups is 1. The summed E-state index contributed by atoms with van der Waals surface area (Å²) in [5.74, 6) is -0.149. The van der Waals surface area contributed by atoms with Gasteiger partial charge >= 0.3 is 0 Å². The van der Waals surface area contributed by atoms with E-state index in [1.54, 1.807) is 24.3 Å². The number of amides is 1. The molecule has 0 spiro atoms. The molecule has 0 aliphatic rings. The highest BCUT2D eigenvalue weighted by Gasteiger charge is 2.19. The lowest BCUT2D eigenvalue weighted by Gasteiger charge is -2.17. The minimum Gasteiger partial charge on any atom is -0.325 e. The van der Waals surface area contributed by atoms with Crippen LogP contribution in [0, 0.1) is 5.92 Å². The van der Waals surface area contributed by atoms with Crippen LogP contribution in [-0.2, 0) is 14.8 Å². The van der Waals surface area contributed by atoms with E-state index >= 15 is 0 Å². The maximum atomic E-state index is 11.9. The summed E-state index contributed by atoms with van der Waals surface area (Å²) in [4.78, 5) is 11.9. The molecule has 1 unspecified atom stereocenters. The summed E-state index contributed by atoms with van der Waals surface area (Å²) in [5.41, 5.74) is 6.85. The monoisotopic (exact) mass is 299 g/mol. The molecule has 0 aliphatic carbocycles. The predicted octanol–water partition coefficient (Wildman–Crippen LogP) is 1.37. The van der Waals surface area contributed by atoms with Crippen LogP contribution in [0.1, 0.15) is 20.3 Å². The van der Waals surface area contributed by atoms with Crippen molar-refractivity contribution >= 4 is 27.3 Å². The topological polar surface area (TPSA) is 101 Å². The van der Waals surface area contributed by atoms with E-state index in [-0.39, 0.29) is 11.8 Å². The minimum atomic E-state index is -3.30. The van der Waals surface area contributed by atoms with Gasteiger partial charge in [0, 0.05) is 11.4 Å². The Hall–Kier alpha value is -1.60. The van der Waals surface area contributed by atoms with Crippen LogP contribution in [0.25, 0.3) is 0 Å². The third-order valence-electron chi connectivity index (χ3n) is 3.02. The van der Waals surface area contributed by atoms with E-state index in [9.17, 15) is 13.2 Å². The lowest BCUT2D eigenvalue weighted by Crippen LogP contribution is -2.40. The van der Waals surface area contributed by atoms with Gasteiger partial charge in [0.05, 0.1) is 12.3 Å². The van der Waals surface area contributed by atoms with E-state index in [0.29, 0.717) is 11.4 Å². The average molecular weight is 299 g/mol. The van der Waals surface area contributed by atoms with Crippen molar-refractivity contribution in [3.8, 4) is 0 Å². The average Bonchev–Trinajstić information content (AvgIpc) is 2.37. The van der Waals surface area contributed by atoms with Gasteiger partial charge in [-0.05, 0) is 30.2 Å². The molecule has 1 aromatic rings. The molecule has 20 heavy (non-hydrogen) atoms. The molecule has 6 nitrogen and oxygen atoms in total. The van der Waals surface area contributed by atoms with Gasteiger partial charge in [0.15, 0.2) is 0 Å². The van der Waals surface area contributed by atoms with Gasteiger partial charge in [0.2, 0.25) is 15.9 Å². The highest BCUT2D eigenvalue weighted by molar-refractivity contribution is 7.92. The fraction of sp³-hybridized carbons (Fsp3) is 0.462. The standard InChI is InChI=1S/C13H21N3O3S/c1-4-9(2)12(14)13(17)15-10-5-7-11(8-6-10)16-20(3,18)19/h5-9,12,16H,4,14H2,1-3H3,(H,15,17)/t9?,12-/m0/s1. The Morgan fingerprint density at radius 3 is 2.20 bits per heavy atom. The maximum Gasteiger partial charge on any atom is 0.241 e. The number of carbonyl (C=O) groups excluding carboxylic acids is 1. The Morgan fingerprint density at radius 1 is 1.25 bits per heavy atom. The van der Waals surface area contributed by atoms with Crippen molar-refractivity contribution in [1.29, 1.82) is 0 Å². The fourth-order valence-electron chi connectivity index (χ4n) is 1.57. The second kappa shape index (κ2) is 6.71. The van der Waals surface area contributed by atoms with E-state index in [2.05, 4.69) is 10.0 Å². The molecule has 1 rings (SSSR count). The molecule has 0 aromatic heterocycles. The van der Waals surface area contributed by atoms with Gasteiger partial charge in [0.25, 0.3) is 0 Å². The van der Waals surface area contributed by atoms with E-state index in [1.165, 1.54) is 0 Å². The summed E-state index contributed by atoms with van der Waals surface area (Å²) in [6.45, 7) is 3.90. The first-order chi connectivity index (χ1) is 9.23. The molecule has 0 saturated heterocycles. The molecule has 112 valence electrons. The molecule has 0 aliphatic heterocycles. The smallest absolute Gasteiger partial charge is 0.241 e. The Morgan fingerprint density at radius 2 is 1.75 bits per heavy atom. The van der Waals surface area contributed by atoms with Gasteiger partial charge in [0.1, 0.15) is 0 Å². The highest BCUT2D eigenvalue weighted by Crippen LogP contribution is 2.15. The zero-order valence-corrected chi connectivity index (χ0v) is 12.7. The van der Waals surface area contributed by atoms with E-state index < -0.39 is 16.1 Å². The largest absolute Gasteiger partial charge is 0.325 e. The van der Waals surface area contributed by atoms with Crippen LogP contribution in [0.5, 0.6) is 0 Å². The van der Waals surface area contributed by atoms with Crippen molar-refractivity contribution in [3.05, 3.63) is 24.3 Å². The molecule has 1 amide bonds. The summed E-state index contributed by atoms with van der Waals surface area (Å²) in [6, 6.07) is 5.83. The molecule has 7 heteroatoms. The third-order valence-corrected chi connectivity index (χ3v) is 3.62. The third kappa shape index (κ3) is 5.18. The number of hydrogen-bond donors (Lipinski definition) is 3. The van der Waals surface area contributed by atoms with Gasteiger partial charge in [-0.25, -0.2) is 8.42 Å². The molecule has 1 aromatic carbocycles. The van der Waals surface area contributed by atoms with E-state index in [1.807, 2.05) is 13.8 Å². The molecular formula is C13H21N3O3S. The Bertz CT molecular complexity index is 555. The molecule has 0 heterocycles. The summed E-state index contributed by atoms with van der Waals surface area (Å²) in [7, 11) is -3.30. The summed E-state index contributed by atoms with van der Waals surface area (Å²) >= 11 is 0. The molecule has 2 atom stereocenters. The van der Waals surface area contributed by atoms with Crippen LogP contribution in [0.3, 0.4) is 0 Å². The molecule has 0 radical (unpaired) electrons. The molecule has 4 N–H and O–H groups in total. The van der Waals surface area contributed by atoms with Crippen molar-refractivity contribution < 1.29 is 13.2 Å². The second-order valence-electron chi connectivity index (χ2n) is 4.85. The number of nitrogens with one attached hydrogen (secondary N) is 2. The number of rotatable bonds is 6.